The van der Waals surface area contributed by atoms with E-state index in [0.29, 0.717) is 18.5 Å². The Kier molecular flexibility index (Phi) is 4.19. The number of methoxy groups -OCH3 is 1. The number of ketones is 1. The first-order chi connectivity index (χ1) is 12.5. The molecule has 2 heterocycles. The SMILES string of the molecule is CC=C1CN(C)[C@H]2Cc3c([nH]c4ccccc34)C(=O)C[C@@H]1[C@@H]2C(=O)OC. The Morgan fingerprint density at radius 2 is 2.08 bits per heavy atom. The van der Waals surface area contributed by atoms with E-state index in [1.165, 1.54) is 7.11 Å². The van der Waals surface area contributed by atoms with Gasteiger partial charge in [0.15, 0.2) is 5.78 Å². The second-order valence-electron chi connectivity index (χ2n) is 7.36. The van der Waals surface area contributed by atoms with Crippen LogP contribution in [0.25, 0.3) is 10.9 Å². The first-order valence-electron chi connectivity index (χ1n) is 9.11. The van der Waals surface area contributed by atoms with Crippen molar-refractivity contribution in [2.45, 2.75) is 25.8 Å². The fourth-order valence-corrected chi connectivity index (χ4v) is 4.76. The first kappa shape index (κ1) is 17.0. The van der Waals surface area contributed by atoms with Gasteiger partial charge >= 0.3 is 5.97 Å². The topological polar surface area (TPSA) is 62.4 Å². The van der Waals surface area contributed by atoms with Crippen molar-refractivity contribution in [3.05, 3.63) is 47.2 Å². The van der Waals surface area contributed by atoms with Crippen molar-refractivity contribution in [1.82, 2.24) is 9.88 Å². The van der Waals surface area contributed by atoms with Gasteiger partial charge in [-0.05, 0) is 32.0 Å². The number of ether oxygens (including phenoxy) is 1. The largest absolute Gasteiger partial charge is 0.469 e. The molecule has 136 valence electrons. The Balaban J connectivity index is 1.91. The standard InChI is InChI=1S/C21H24N2O3/c1-4-12-11-23(2)17-9-15-13-7-5-6-8-16(13)22-20(15)18(24)10-14(12)19(17)21(25)26-3/h4-8,14,17,19,22H,9-11H2,1-3H3/t14-,17-,19-/m0/s1. The number of likely N-dealkylation sites (tertiary alicyclic amines) is 1. The van der Waals surface area contributed by atoms with Gasteiger partial charge in [-0.25, -0.2) is 0 Å². The number of nitrogens with zero attached hydrogens (tertiary/aromatic N) is 1. The van der Waals surface area contributed by atoms with Crippen LogP contribution in [0.3, 0.4) is 0 Å². The summed E-state index contributed by atoms with van der Waals surface area (Å²) in [6.07, 6.45) is 3.05. The maximum absolute atomic E-state index is 13.1. The van der Waals surface area contributed by atoms with Crippen LogP contribution in [-0.2, 0) is 16.0 Å². The maximum Gasteiger partial charge on any atom is 0.310 e. The minimum atomic E-state index is -0.323. The number of aromatic nitrogens is 1. The number of H-pyrrole nitrogens is 1. The van der Waals surface area contributed by atoms with Crippen LogP contribution in [0.15, 0.2) is 35.9 Å². The fourth-order valence-electron chi connectivity index (χ4n) is 4.76. The van der Waals surface area contributed by atoms with Gasteiger partial charge in [-0.1, -0.05) is 29.8 Å². The van der Waals surface area contributed by atoms with E-state index in [1.807, 2.05) is 37.3 Å². The fraction of sp³-hybridized carbons (Fsp3) is 0.429. The molecule has 1 N–H and O–H groups in total. The molecule has 2 aromatic rings. The number of allylic oxidation sites excluding steroid dienone is 1. The number of para-hydroxylation sites is 1. The Labute approximate surface area is 153 Å². The predicted molar refractivity (Wildman–Crippen MR) is 100 cm³/mol. The van der Waals surface area contributed by atoms with Crippen LogP contribution in [-0.4, -0.2) is 48.4 Å². The van der Waals surface area contributed by atoms with Crippen LogP contribution >= 0.6 is 0 Å². The highest BCUT2D eigenvalue weighted by molar-refractivity contribution is 6.03. The summed E-state index contributed by atoms with van der Waals surface area (Å²) in [5.41, 5.74) is 3.85. The molecule has 0 unspecified atom stereocenters. The Morgan fingerprint density at radius 1 is 1.31 bits per heavy atom. The zero-order valence-electron chi connectivity index (χ0n) is 15.4. The molecule has 0 saturated carbocycles. The lowest BCUT2D eigenvalue weighted by Gasteiger charge is -2.45. The van der Waals surface area contributed by atoms with Crippen molar-refractivity contribution in [2.75, 3.05) is 20.7 Å². The van der Waals surface area contributed by atoms with Crippen LogP contribution in [0.4, 0.5) is 0 Å². The molecule has 5 heteroatoms. The van der Waals surface area contributed by atoms with Crippen molar-refractivity contribution in [3.8, 4) is 0 Å². The average molecular weight is 352 g/mol. The van der Waals surface area contributed by atoms with E-state index in [4.69, 9.17) is 4.74 Å². The van der Waals surface area contributed by atoms with E-state index in [9.17, 15) is 9.59 Å². The van der Waals surface area contributed by atoms with Gasteiger partial charge in [-0.15, -0.1) is 0 Å². The number of esters is 1. The van der Waals surface area contributed by atoms with Gasteiger partial charge in [-0.2, -0.15) is 0 Å². The predicted octanol–water partition coefficient (Wildman–Crippen LogP) is 2.96. The number of Topliss-reactive ketones (excluding diaryl/α,β-unsaturated/α-hetero) is 1. The monoisotopic (exact) mass is 352 g/mol. The number of likely N-dealkylation sites (N-methyl/N-ethyl adjacent to an activating group) is 1. The zero-order chi connectivity index (χ0) is 18.4. The minimum Gasteiger partial charge on any atom is -0.469 e. The molecule has 1 aromatic carbocycles. The number of hydrogen-bond donors (Lipinski definition) is 1. The number of aromatic amines is 1. The van der Waals surface area contributed by atoms with E-state index >= 15 is 0 Å². The van der Waals surface area contributed by atoms with Gasteiger partial charge in [-0.3, -0.25) is 14.5 Å². The third-order valence-corrected chi connectivity index (χ3v) is 6.08. The summed E-state index contributed by atoms with van der Waals surface area (Å²) in [5.74, 6) is -0.559. The van der Waals surface area contributed by atoms with Crippen molar-refractivity contribution >= 4 is 22.7 Å². The molecule has 2 bridgehead atoms. The summed E-state index contributed by atoms with van der Waals surface area (Å²) >= 11 is 0. The quantitative estimate of drug-likeness (QED) is 0.633. The molecule has 1 aliphatic heterocycles. The molecule has 1 saturated heterocycles. The van der Waals surface area contributed by atoms with Gasteiger partial charge in [0.2, 0.25) is 0 Å². The number of rotatable bonds is 1. The number of piperidine rings is 1. The second kappa shape index (κ2) is 6.40. The normalized spacial score (nSPS) is 27.9. The van der Waals surface area contributed by atoms with E-state index in [0.717, 1.165) is 28.6 Å². The molecule has 3 atom stereocenters. The Bertz CT molecular complexity index is 911. The highest BCUT2D eigenvalue weighted by Gasteiger charge is 2.46. The van der Waals surface area contributed by atoms with Crippen molar-refractivity contribution in [3.63, 3.8) is 0 Å². The molecule has 26 heavy (non-hydrogen) atoms. The Hall–Kier alpha value is -2.40. The molecule has 5 nitrogen and oxygen atoms in total. The highest BCUT2D eigenvalue weighted by atomic mass is 16.5. The molecular weight excluding hydrogens is 328 g/mol. The van der Waals surface area contributed by atoms with E-state index in [2.05, 4.69) is 16.9 Å². The number of nitrogens with one attached hydrogen (secondary N) is 1. The van der Waals surface area contributed by atoms with Crippen LogP contribution in [0.2, 0.25) is 0 Å². The van der Waals surface area contributed by atoms with Gasteiger partial charge in [0.1, 0.15) is 0 Å². The summed E-state index contributed by atoms with van der Waals surface area (Å²) in [6, 6.07) is 8.02. The number of fused-ring (bicyclic) bond motifs is 5. The average Bonchev–Trinajstić information content (AvgIpc) is 3.01. The lowest BCUT2D eigenvalue weighted by atomic mass is 9.70. The lowest BCUT2D eigenvalue weighted by Crippen LogP contribution is -2.54. The molecule has 0 amide bonds. The third-order valence-electron chi connectivity index (χ3n) is 6.08. The molecule has 0 spiro atoms. The summed E-state index contributed by atoms with van der Waals surface area (Å²) in [4.78, 5) is 31.3. The van der Waals surface area contributed by atoms with E-state index in [1.54, 1.807) is 0 Å². The molecule has 0 radical (unpaired) electrons. The molecule has 1 aliphatic carbocycles. The van der Waals surface area contributed by atoms with Gasteiger partial charge < -0.3 is 9.72 Å². The smallest absolute Gasteiger partial charge is 0.310 e. The van der Waals surface area contributed by atoms with Crippen LogP contribution in [0, 0.1) is 11.8 Å². The molecule has 1 fully saturated rings. The summed E-state index contributed by atoms with van der Waals surface area (Å²) in [6.45, 7) is 2.76. The summed E-state index contributed by atoms with van der Waals surface area (Å²) in [5, 5.41) is 1.07. The van der Waals surface area contributed by atoms with Crippen LogP contribution in [0.5, 0.6) is 0 Å². The molecule has 4 rings (SSSR count). The van der Waals surface area contributed by atoms with Crippen LogP contribution in [0.1, 0.15) is 29.4 Å². The first-order valence-corrected chi connectivity index (χ1v) is 9.11. The van der Waals surface area contributed by atoms with Crippen molar-refractivity contribution in [1.29, 1.82) is 0 Å². The Morgan fingerprint density at radius 3 is 2.81 bits per heavy atom. The maximum atomic E-state index is 13.1. The summed E-state index contributed by atoms with van der Waals surface area (Å²) in [7, 11) is 3.49. The van der Waals surface area contributed by atoms with Gasteiger partial charge in [0.05, 0.1) is 18.7 Å². The number of benzene rings is 1. The highest BCUT2D eigenvalue weighted by Crippen LogP contribution is 2.41. The zero-order valence-corrected chi connectivity index (χ0v) is 15.4. The molecule has 2 aliphatic rings. The third kappa shape index (κ3) is 2.50. The van der Waals surface area contributed by atoms with E-state index in [-0.39, 0.29) is 29.6 Å². The van der Waals surface area contributed by atoms with Gasteiger partial charge in [0.25, 0.3) is 0 Å². The van der Waals surface area contributed by atoms with Gasteiger partial charge in [0, 0.05) is 35.8 Å². The number of hydrogen-bond acceptors (Lipinski definition) is 4. The molecular formula is C21H24N2O3. The van der Waals surface area contributed by atoms with Crippen molar-refractivity contribution < 1.29 is 14.3 Å². The lowest BCUT2D eigenvalue weighted by molar-refractivity contribution is -0.150. The minimum absolute atomic E-state index is 0.0159. The number of carbonyl (C=O) groups is 2. The number of carbonyl (C=O) groups excluding carboxylic acids is 2. The molecule has 1 aromatic heterocycles. The van der Waals surface area contributed by atoms with Crippen molar-refractivity contribution in [2.24, 2.45) is 11.8 Å². The van der Waals surface area contributed by atoms with Crippen LogP contribution < -0.4 is 0 Å². The second-order valence-corrected chi connectivity index (χ2v) is 7.36. The van der Waals surface area contributed by atoms with E-state index < -0.39 is 0 Å². The summed E-state index contributed by atoms with van der Waals surface area (Å²) < 4.78 is 5.14.